The number of aromatic nitrogens is 2. The maximum atomic E-state index is 12.5. The van der Waals surface area contributed by atoms with E-state index in [1.807, 2.05) is 24.3 Å². The van der Waals surface area contributed by atoms with Gasteiger partial charge in [0, 0.05) is 18.7 Å². The molecule has 0 atom stereocenters. The Labute approximate surface area is 181 Å². The number of carbonyl (C=O) groups excluding carboxylic acids is 2. The van der Waals surface area contributed by atoms with Crippen LogP contribution in [0, 0.1) is 0 Å². The second kappa shape index (κ2) is 9.20. The van der Waals surface area contributed by atoms with Gasteiger partial charge in [0.1, 0.15) is 11.6 Å². The van der Waals surface area contributed by atoms with Crippen LogP contribution in [-0.2, 0) is 9.53 Å². The van der Waals surface area contributed by atoms with Gasteiger partial charge >= 0.3 is 5.97 Å². The lowest BCUT2D eigenvalue weighted by Crippen LogP contribution is -2.40. The number of nitrogens with one attached hydrogen (secondary N) is 1. The molecule has 1 aliphatic rings. The van der Waals surface area contributed by atoms with Gasteiger partial charge in [-0.25, -0.2) is 9.78 Å². The Hall–Kier alpha value is -3.35. The number of aromatic amines is 1. The van der Waals surface area contributed by atoms with Gasteiger partial charge in [-0.2, -0.15) is 0 Å². The van der Waals surface area contributed by atoms with Crippen LogP contribution in [-0.4, -0.2) is 53.6 Å². The molecule has 0 aliphatic heterocycles. The predicted molar refractivity (Wildman–Crippen MR) is 118 cm³/mol. The van der Waals surface area contributed by atoms with Crippen molar-refractivity contribution in [1.29, 1.82) is 0 Å². The van der Waals surface area contributed by atoms with Gasteiger partial charge in [-0.15, -0.1) is 0 Å². The van der Waals surface area contributed by atoms with E-state index in [0.717, 1.165) is 48.0 Å². The van der Waals surface area contributed by atoms with E-state index in [-0.39, 0.29) is 18.6 Å². The highest BCUT2D eigenvalue weighted by Crippen LogP contribution is 2.24. The number of nitrogens with zero attached hydrogens (tertiary/aromatic N) is 2. The first kappa shape index (κ1) is 20.9. The molecule has 162 valence electrons. The summed E-state index contributed by atoms with van der Waals surface area (Å²) in [6, 6.07) is 13.0. The fourth-order valence-corrected chi connectivity index (χ4v) is 4.01. The quantitative estimate of drug-likeness (QED) is 0.604. The zero-order chi connectivity index (χ0) is 21.8. The Bertz CT molecular complexity index is 1070. The van der Waals surface area contributed by atoms with Crippen LogP contribution in [0.25, 0.3) is 22.4 Å². The molecule has 4 rings (SSSR count). The summed E-state index contributed by atoms with van der Waals surface area (Å²) in [5, 5.41) is 0. The normalized spacial score (nSPS) is 14.4. The second-order valence-corrected chi connectivity index (χ2v) is 7.92. The number of fused-ring (bicyclic) bond motifs is 1. The smallest absolute Gasteiger partial charge is 0.338 e. The molecule has 1 aromatic heterocycles. The number of esters is 1. The zero-order valence-electron chi connectivity index (χ0n) is 17.9. The molecule has 0 bridgehead atoms. The Morgan fingerprint density at radius 2 is 1.84 bits per heavy atom. The van der Waals surface area contributed by atoms with Crippen molar-refractivity contribution in [3.05, 3.63) is 48.0 Å². The minimum atomic E-state index is -0.520. The van der Waals surface area contributed by atoms with Gasteiger partial charge in [0.2, 0.25) is 0 Å². The van der Waals surface area contributed by atoms with E-state index >= 15 is 0 Å². The zero-order valence-corrected chi connectivity index (χ0v) is 17.9. The van der Waals surface area contributed by atoms with Crippen LogP contribution in [0.3, 0.4) is 0 Å². The highest BCUT2D eigenvalue weighted by Gasteiger charge is 2.23. The van der Waals surface area contributed by atoms with Gasteiger partial charge in [-0.1, -0.05) is 19.3 Å². The summed E-state index contributed by atoms with van der Waals surface area (Å²) in [6.45, 7) is -0.246. The van der Waals surface area contributed by atoms with E-state index in [1.165, 1.54) is 6.42 Å². The average molecular weight is 421 g/mol. The average Bonchev–Trinajstić information content (AvgIpc) is 3.26. The molecule has 1 fully saturated rings. The van der Waals surface area contributed by atoms with E-state index < -0.39 is 5.97 Å². The van der Waals surface area contributed by atoms with Crippen molar-refractivity contribution in [2.75, 3.05) is 20.8 Å². The molecule has 1 heterocycles. The maximum Gasteiger partial charge on any atom is 0.338 e. The first-order valence-corrected chi connectivity index (χ1v) is 10.6. The van der Waals surface area contributed by atoms with Gasteiger partial charge in [-0.05, 0) is 55.3 Å². The lowest BCUT2D eigenvalue weighted by molar-refractivity contribution is -0.135. The van der Waals surface area contributed by atoms with Gasteiger partial charge in [0.15, 0.2) is 6.61 Å². The van der Waals surface area contributed by atoms with Crippen molar-refractivity contribution in [2.45, 2.75) is 38.1 Å². The van der Waals surface area contributed by atoms with E-state index in [0.29, 0.717) is 11.4 Å². The van der Waals surface area contributed by atoms with E-state index in [2.05, 4.69) is 9.97 Å². The SMILES string of the molecule is COc1ccc(-c2nc3ccc(C(=O)OCC(=O)N(C)C4CCCCC4)cc3[nH]2)cc1. The molecule has 1 amide bonds. The Morgan fingerprint density at radius 1 is 1.10 bits per heavy atom. The van der Waals surface area contributed by atoms with Crippen LogP contribution in [0.15, 0.2) is 42.5 Å². The van der Waals surface area contributed by atoms with E-state index in [1.54, 1.807) is 37.3 Å². The van der Waals surface area contributed by atoms with Gasteiger partial charge in [-0.3, -0.25) is 4.79 Å². The Morgan fingerprint density at radius 3 is 2.55 bits per heavy atom. The van der Waals surface area contributed by atoms with Gasteiger partial charge in [0.25, 0.3) is 5.91 Å². The molecule has 7 nitrogen and oxygen atoms in total. The summed E-state index contributed by atoms with van der Waals surface area (Å²) in [5.74, 6) is 0.790. The minimum absolute atomic E-state index is 0.162. The monoisotopic (exact) mass is 421 g/mol. The number of amides is 1. The summed E-state index contributed by atoms with van der Waals surface area (Å²) in [7, 11) is 3.42. The van der Waals surface area contributed by atoms with Crippen molar-refractivity contribution in [3.8, 4) is 17.1 Å². The number of rotatable bonds is 6. The highest BCUT2D eigenvalue weighted by atomic mass is 16.5. The number of benzene rings is 2. The number of H-pyrrole nitrogens is 1. The summed E-state index contributed by atoms with van der Waals surface area (Å²) in [6.07, 6.45) is 5.55. The molecule has 3 aromatic rings. The largest absolute Gasteiger partial charge is 0.497 e. The van der Waals surface area contributed by atoms with Crippen molar-refractivity contribution >= 4 is 22.9 Å². The van der Waals surface area contributed by atoms with E-state index in [9.17, 15) is 9.59 Å². The first-order valence-electron chi connectivity index (χ1n) is 10.6. The number of imidazole rings is 1. The summed E-state index contributed by atoms with van der Waals surface area (Å²) < 4.78 is 10.5. The molecule has 0 saturated heterocycles. The van der Waals surface area contributed by atoms with Crippen LogP contribution < -0.4 is 4.74 Å². The molecule has 0 unspecified atom stereocenters. The molecule has 1 N–H and O–H groups in total. The third kappa shape index (κ3) is 4.71. The number of hydrogen-bond donors (Lipinski definition) is 1. The highest BCUT2D eigenvalue weighted by molar-refractivity contribution is 5.95. The molecule has 7 heteroatoms. The van der Waals surface area contributed by atoms with Crippen molar-refractivity contribution in [3.63, 3.8) is 0 Å². The first-order chi connectivity index (χ1) is 15.0. The van der Waals surface area contributed by atoms with Crippen LogP contribution in [0.4, 0.5) is 0 Å². The number of likely N-dealkylation sites (N-methyl/N-ethyl adjacent to an activating group) is 1. The fraction of sp³-hybridized carbons (Fsp3) is 0.375. The van der Waals surface area contributed by atoms with Crippen LogP contribution in [0.5, 0.6) is 5.75 Å². The number of hydrogen-bond acceptors (Lipinski definition) is 5. The van der Waals surface area contributed by atoms with Crippen molar-refractivity contribution in [2.24, 2.45) is 0 Å². The topological polar surface area (TPSA) is 84.5 Å². The van der Waals surface area contributed by atoms with Gasteiger partial charge in [0.05, 0.1) is 23.7 Å². The summed E-state index contributed by atoms with van der Waals surface area (Å²) in [4.78, 5) is 34.5. The van der Waals surface area contributed by atoms with Crippen LogP contribution in [0.1, 0.15) is 42.5 Å². The standard InChI is InChI=1S/C24H27N3O4/c1-27(18-6-4-3-5-7-18)22(28)15-31-24(29)17-10-13-20-21(14-17)26-23(25-20)16-8-11-19(30-2)12-9-16/h8-14,18H,3-7,15H2,1-2H3,(H,25,26). The molecular weight excluding hydrogens is 394 g/mol. The second-order valence-electron chi connectivity index (χ2n) is 7.92. The molecular formula is C24H27N3O4. The number of methoxy groups -OCH3 is 1. The van der Waals surface area contributed by atoms with E-state index in [4.69, 9.17) is 9.47 Å². The molecule has 1 saturated carbocycles. The fourth-order valence-electron chi connectivity index (χ4n) is 4.01. The molecule has 0 radical (unpaired) electrons. The lowest BCUT2D eigenvalue weighted by Gasteiger charge is -2.31. The predicted octanol–water partition coefficient (Wildman–Crippen LogP) is 4.19. The van der Waals surface area contributed by atoms with Crippen molar-refractivity contribution in [1.82, 2.24) is 14.9 Å². The van der Waals surface area contributed by atoms with Gasteiger partial charge < -0.3 is 19.4 Å². The third-order valence-corrected chi connectivity index (χ3v) is 5.92. The molecule has 2 aromatic carbocycles. The number of carbonyl (C=O) groups is 2. The molecule has 1 aliphatic carbocycles. The molecule has 31 heavy (non-hydrogen) atoms. The number of ether oxygens (including phenoxy) is 2. The van der Waals surface area contributed by atoms with Crippen LogP contribution in [0.2, 0.25) is 0 Å². The molecule has 0 spiro atoms. The maximum absolute atomic E-state index is 12.5. The third-order valence-electron chi connectivity index (χ3n) is 5.92. The Balaban J connectivity index is 1.41. The Kier molecular flexibility index (Phi) is 6.21. The summed E-state index contributed by atoms with van der Waals surface area (Å²) >= 11 is 0. The van der Waals surface area contributed by atoms with Crippen molar-refractivity contribution < 1.29 is 19.1 Å². The van der Waals surface area contributed by atoms with Crippen LogP contribution >= 0.6 is 0 Å². The summed E-state index contributed by atoms with van der Waals surface area (Å²) in [5.41, 5.74) is 2.77. The lowest BCUT2D eigenvalue weighted by atomic mass is 9.94. The minimum Gasteiger partial charge on any atom is -0.497 e.